The molecule has 0 N–H and O–H groups in total. The van der Waals surface area contributed by atoms with Crippen molar-refractivity contribution in [2.75, 3.05) is 0 Å². The molecule has 7 aromatic carbocycles. The number of allylic oxidation sites excluding steroid dienone is 4. The molecular formula is C51H35N3O. The normalized spacial score (nSPS) is 17.4. The van der Waals surface area contributed by atoms with Gasteiger partial charge in [-0.1, -0.05) is 171 Å². The van der Waals surface area contributed by atoms with Crippen LogP contribution in [0.4, 0.5) is 0 Å². The summed E-state index contributed by atoms with van der Waals surface area (Å²) in [5, 5.41) is -0.861. The van der Waals surface area contributed by atoms with E-state index in [9.17, 15) is 11.0 Å². The molecule has 55 heavy (non-hydrogen) atoms. The number of furan rings is 1. The van der Waals surface area contributed by atoms with Crippen LogP contribution in [0.5, 0.6) is 0 Å². The van der Waals surface area contributed by atoms with Crippen LogP contribution in [0, 0.1) is 0 Å². The van der Waals surface area contributed by atoms with Crippen LogP contribution >= 0.6 is 0 Å². The van der Waals surface area contributed by atoms with E-state index in [-0.39, 0.29) is 28.2 Å². The van der Waals surface area contributed by atoms with Crippen LogP contribution in [0.25, 0.3) is 89.2 Å². The van der Waals surface area contributed by atoms with Crippen LogP contribution in [0.3, 0.4) is 0 Å². The van der Waals surface area contributed by atoms with E-state index in [0.717, 1.165) is 6.07 Å². The summed E-state index contributed by atoms with van der Waals surface area (Å²) in [6, 6.07) is 2.32. The van der Waals surface area contributed by atoms with Crippen LogP contribution in [0.2, 0.25) is 0 Å². The molecule has 4 heteroatoms. The molecule has 0 fully saturated rings. The van der Waals surface area contributed by atoms with E-state index in [0.29, 0.717) is 34.2 Å². The zero-order valence-corrected chi connectivity index (χ0v) is 28.5. The summed E-state index contributed by atoms with van der Waals surface area (Å²) < 4.78 is 176. The van der Waals surface area contributed by atoms with Gasteiger partial charge in [-0.15, -0.1) is 0 Å². The lowest BCUT2D eigenvalue weighted by molar-refractivity contribution is 0.614. The summed E-state index contributed by atoms with van der Waals surface area (Å²) in [4.78, 5) is 14.1. The van der Waals surface area contributed by atoms with Gasteiger partial charge in [-0.3, -0.25) is 0 Å². The topological polar surface area (TPSA) is 51.8 Å². The van der Waals surface area contributed by atoms with Gasteiger partial charge in [-0.2, -0.15) is 0 Å². The Morgan fingerprint density at radius 3 is 2.22 bits per heavy atom. The first-order chi connectivity index (χ1) is 35.2. The minimum Gasteiger partial charge on any atom is -0.464 e. The molecule has 0 unspecified atom stereocenters. The fourth-order valence-electron chi connectivity index (χ4n) is 6.02. The van der Waals surface area contributed by atoms with E-state index < -0.39 is 153 Å². The number of benzene rings is 7. The van der Waals surface area contributed by atoms with Gasteiger partial charge in [0.05, 0.1) is 32.3 Å². The summed E-state index contributed by atoms with van der Waals surface area (Å²) in [6.07, 6.45) is 4.65. The Morgan fingerprint density at radius 1 is 0.655 bits per heavy atom. The minimum atomic E-state index is -0.943. The molecule has 4 nitrogen and oxygen atoms in total. The van der Waals surface area contributed by atoms with Gasteiger partial charge >= 0.3 is 0 Å². The molecule has 2 aromatic heterocycles. The Hall–Kier alpha value is -7.43. The largest absolute Gasteiger partial charge is 0.464 e. The van der Waals surface area contributed by atoms with Crippen LogP contribution < -0.4 is 0 Å². The molecule has 2 heterocycles. The first-order valence-electron chi connectivity index (χ1n) is 26.3. The number of fused-ring (bicyclic) bond motifs is 4. The molecule has 0 aliphatic carbocycles. The van der Waals surface area contributed by atoms with Crippen molar-refractivity contribution in [3.63, 3.8) is 0 Å². The fourth-order valence-corrected chi connectivity index (χ4v) is 6.02. The zero-order valence-electron chi connectivity index (χ0n) is 47.5. The molecule has 0 aliphatic rings. The number of rotatable bonds is 9. The van der Waals surface area contributed by atoms with Crippen molar-refractivity contribution in [2.24, 2.45) is 0 Å². The molecule has 0 amide bonds. The molecule has 9 aromatic rings. The highest BCUT2D eigenvalue weighted by Crippen LogP contribution is 2.36. The summed E-state index contributed by atoms with van der Waals surface area (Å²) in [5.41, 5.74) is -1.72. The SMILES string of the molecule is [2H]C=C([2H])/C([2H])=C(/[2H])c1cc2c([2H])c([2H])c([2H])c([2H])c2c2c([2H])c([2H])c(-c3c([2H])c([2H])c([2H])c(-c4c([2H])c([2H])c(-c5nc(/C(=C/C=C)c6coc7ccccc67)nc(-c6ccccc6)n5)c([2H])c4[2H])c3[2H])c([2H])c12. The Bertz CT molecular complexity index is 4010. The monoisotopic (exact) mass is 724 g/mol. The lowest BCUT2D eigenvalue weighted by atomic mass is 9.92. The van der Waals surface area contributed by atoms with E-state index in [2.05, 4.69) is 11.6 Å². The van der Waals surface area contributed by atoms with E-state index >= 15 is 0 Å². The zero-order chi connectivity index (χ0) is 53.5. The maximum atomic E-state index is 9.64. The van der Waals surface area contributed by atoms with Gasteiger partial charge in [-0.05, 0) is 73.6 Å². The molecular weight excluding hydrogens is 671 g/mol. The number of hydrogen-bond acceptors (Lipinski definition) is 4. The molecule has 0 saturated carbocycles. The van der Waals surface area contributed by atoms with E-state index in [1.165, 1.54) is 12.3 Å². The van der Waals surface area contributed by atoms with Gasteiger partial charge in [-0.25, -0.2) is 15.0 Å². The molecule has 0 spiro atoms. The first kappa shape index (κ1) is 18.6. The van der Waals surface area contributed by atoms with Gasteiger partial charge in [0, 0.05) is 27.6 Å². The quantitative estimate of drug-likeness (QED) is 0.110. The molecule has 260 valence electrons. The molecule has 0 radical (unpaired) electrons. The molecule has 0 bridgehead atoms. The van der Waals surface area contributed by atoms with Gasteiger partial charge in [0.1, 0.15) is 5.58 Å². The Kier molecular flexibility index (Phi) is 4.90. The van der Waals surface area contributed by atoms with Crippen LogP contribution in [-0.4, -0.2) is 15.0 Å². The van der Waals surface area contributed by atoms with E-state index in [1.807, 2.05) is 12.1 Å². The van der Waals surface area contributed by atoms with Gasteiger partial charge < -0.3 is 4.42 Å². The second-order valence-corrected chi connectivity index (χ2v) is 11.9. The van der Waals surface area contributed by atoms with Gasteiger partial charge in [0.15, 0.2) is 17.5 Å². The van der Waals surface area contributed by atoms with Crippen molar-refractivity contribution in [2.45, 2.75) is 0 Å². The van der Waals surface area contributed by atoms with Crippen LogP contribution in [0.1, 0.15) is 43.0 Å². The summed E-state index contributed by atoms with van der Waals surface area (Å²) in [5.74, 6) is -0.181. The molecule has 0 saturated heterocycles. The molecule has 0 aliphatic heterocycles. The smallest absolute Gasteiger partial charge is 0.164 e. The third kappa shape index (κ3) is 6.47. The average molecular weight is 725 g/mol. The van der Waals surface area contributed by atoms with Crippen molar-refractivity contribution in [3.8, 4) is 45.0 Å². The van der Waals surface area contributed by atoms with Crippen molar-refractivity contribution >= 4 is 44.1 Å². The Morgan fingerprint density at radius 2 is 1.38 bits per heavy atom. The number of hydrogen-bond donors (Lipinski definition) is 0. The lowest BCUT2D eigenvalue weighted by Gasteiger charge is -2.12. The summed E-state index contributed by atoms with van der Waals surface area (Å²) >= 11 is 0. The van der Waals surface area contributed by atoms with E-state index in [1.54, 1.807) is 48.5 Å². The predicted octanol–water partition coefficient (Wildman–Crippen LogP) is 13.4. The van der Waals surface area contributed by atoms with Crippen molar-refractivity contribution in [3.05, 3.63) is 212 Å². The molecule has 0 atom stereocenters. The maximum absolute atomic E-state index is 9.64. The van der Waals surface area contributed by atoms with Crippen LogP contribution in [-0.2, 0) is 0 Å². The van der Waals surface area contributed by atoms with Gasteiger partial charge in [0.2, 0.25) is 0 Å². The third-order valence-electron chi connectivity index (χ3n) is 8.54. The third-order valence-corrected chi connectivity index (χ3v) is 8.54. The van der Waals surface area contributed by atoms with Crippen molar-refractivity contribution in [1.29, 1.82) is 0 Å². The lowest BCUT2D eigenvalue weighted by Crippen LogP contribution is -2.03. The standard InChI is InChI=1S/C51H35N3O/c1-3-5-15-41-31-40-18-9-10-21-42(40)43-29-28-39(32-46(41)43)38-20-13-19-37(30-38)34-24-26-36(27-25-34)50-52-49(35-16-7-6-8-17-35)53-51(54-50)45(14-4-2)47-33-55-48-23-12-11-22-44(47)48/h3-33H,1-2H2/b15-5-,45-14+/i1D,3D,5D,9D,10D,13D,15D,18D,19D,20D,21D,24D,25D,26D,27D,28D,29D,30D,32D/b3-1?,15-5-,45-14+. The maximum Gasteiger partial charge on any atom is 0.164 e. The van der Waals surface area contributed by atoms with Crippen molar-refractivity contribution < 1.29 is 30.5 Å². The second-order valence-electron chi connectivity index (χ2n) is 11.9. The highest BCUT2D eigenvalue weighted by molar-refractivity contribution is 6.12. The first-order valence-corrected chi connectivity index (χ1v) is 16.7. The summed E-state index contributed by atoms with van der Waals surface area (Å²) in [7, 11) is 0. The highest BCUT2D eigenvalue weighted by Gasteiger charge is 2.18. The van der Waals surface area contributed by atoms with Crippen LogP contribution in [0.15, 0.2) is 199 Å². The summed E-state index contributed by atoms with van der Waals surface area (Å²) in [6.45, 7) is 4.34. The second kappa shape index (κ2) is 14.5. The molecule has 9 rings (SSSR count). The van der Waals surface area contributed by atoms with Crippen molar-refractivity contribution in [1.82, 2.24) is 15.0 Å². The minimum absolute atomic E-state index is 0.0377. The van der Waals surface area contributed by atoms with E-state index in [4.69, 9.17) is 29.5 Å². The number of nitrogens with zero attached hydrogens (tertiary/aromatic N) is 3. The average Bonchev–Trinajstić information content (AvgIpc) is 3.86. The Balaban J connectivity index is 1.33. The van der Waals surface area contributed by atoms with Gasteiger partial charge in [0.25, 0.3) is 0 Å². The predicted molar refractivity (Wildman–Crippen MR) is 229 cm³/mol. The number of aromatic nitrogens is 3. The fraction of sp³-hybridized carbons (Fsp3) is 0. The highest BCUT2D eigenvalue weighted by atomic mass is 16.3. The number of para-hydroxylation sites is 1. The Labute approximate surface area is 346 Å².